The number of carbonyl (C=O) groups excluding carboxylic acids is 2. The molecule has 0 radical (unpaired) electrons. The number of carbonyl (C=O) groups is 3. The Balaban J connectivity index is 0.00000101. The zero-order chi connectivity index (χ0) is 21.9. The molecule has 10 heteroatoms. The molecule has 1 aliphatic rings. The molecule has 0 aliphatic carbocycles. The standard InChI is InChI=1S/C19H24N6O2.CH2O2/c20-17-10-16(23-12-24-17)13-3-5-14(6-4-13)19(27)22-7-9-25-8-1-2-15(11-25)18(21)26;2-1-3/h3-6,10,12,15H,1-2,7-9,11H2,(H2,21,26)(H,22,27)(H2,20,23,24);1H,(H,2,3). The van der Waals surface area contributed by atoms with Crippen LogP contribution in [0.4, 0.5) is 5.82 Å². The number of likely N-dealkylation sites (tertiary alicyclic amines) is 1. The van der Waals surface area contributed by atoms with Crippen LogP contribution in [0.1, 0.15) is 23.2 Å². The SMILES string of the molecule is NC(=O)C1CCCN(CCNC(=O)c2ccc(-c3cc(N)ncn3)cc2)C1.O=CO. The number of benzene rings is 1. The second-order valence-electron chi connectivity index (χ2n) is 6.81. The predicted molar refractivity (Wildman–Crippen MR) is 111 cm³/mol. The Bertz CT molecular complexity index is 859. The van der Waals surface area contributed by atoms with Crippen LogP contribution in [-0.4, -0.2) is 64.4 Å². The Labute approximate surface area is 174 Å². The van der Waals surface area contributed by atoms with Gasteiger partial charge in [-0.05, 0) is 31.5 Å². The lowest BCUT2D eigenvalue weighted by Crippen LogP contribution is -2.44. The van der Waals surface area contributed by atoms with Gasteiger partial charge in [0.05, 0.1) is 11.6 Å². The lowest BCUT2D eigenvalue weighted by molar-refractivity contribution is -0.124. The number of nitrogens with zero attached hydrogens (tertiary/aromatic N) is 3. The normalized spacial score (nSPS) is 16.1. The number of hydrogen-bond acceptors (Lipinski definition) is 7. The van der Waals surface area contributed by atoms with E-state index in [1.165, 1.54) is 6.33 Å². The van der Waals surface area contributed by atoms with E-state index in [0.29, 0.717) is 36.7 Å². The van der Waals surface area contributed by atoms with Gasteiger partial charge in [-0.3, -0.25) is 14.4 Å². The molecule has 6 N–H and O–H groups in total. The fourth-order valence-corrected chi connectivity index (χ4v) is 3.24. The zero-order valence-corrected chi connectivity index (χ0v) is 16.5. The maximum absolute atomic E-state index is 12.3. The Morgan fingerprint density at radius 1 is 1.27 bits per heavy atom. The van der Waals surface area contributed by atoms with E-state index in [1.807, 2.05) is 12.1 Å². The number of piperidine rings is 1. The van der Waals surface area contributed by atoms with Crippen LogP contribution in [0.2, 0.25) is 0 Å². The average molecular weight is 414 g/mol. The molecule has 1 saturated heterocycles. The first kappa shape index (κ1) is 22.8. The van der Waals surface area contributed by atoms with Crippen LogP contribution >= 0.6 is 0 Å². The molecule has 1 atom stereocenters. The van der Waals surface area contributed by atoms with Crippen LogP contribution in [0.5, 0.6) is 0 Å². The molecule has 1 fully saturated rings. The summed E-state index contributed by atoms with van der Waals surface area (Å²) in [6, 6.07) is 8.87. The van der Waals surface area contributed by atoms with E-state index in [2.05, 4.69) is 20.2 Å². The van der Waals surface area contributed by atoms with Crippen molar-refractivity contribution in [3.8, 4) is 11.3 Å². The predicted octanol–water partition coefficient (Wildman–Crippen LogP) is 0.354. The number of carboxylic acid groups (broad SMARTS) is 1. The molecule has 1 unspecified atom stereocenters. The van der Waals surface area contributed by atoms with E-state index in [-0.39, 0.29) is 24.2 Å². The monoisotopic (exact) mass is 414 g/mol. The lowest BCUT2D eigenvalue weighted by Gasteiger charge is -2.31. The minimum Gasteiger partial charge on any atom is -0.483 e. The summed E-state index contributed by atoms with van der Waals surface area (Å²) < 4.78 is 0. The number of nitrogens with one attached hydrogen (secondary N) is 1. The quantitative estimate of drug-likeness (QED) is 0.492. The summed E-state index contributed by atoms with van der Waals surface area (Å²) in [5, 5.41) is 9.81. The molecule has 1 aromatic heterocycles. The maximum Gasteiger partial charge on any atom is 0.290 e. The van der Waals surface area contributed by atoms with Gasteiger partial charge in [-0.15, -0.1) is 0 Å². The van der Waals surface area contributed by atoms with Crippen molar-refractivity contribution in [2.45, 2.75) is 12.8 Å². The van der Waals surface area contributed by atoms with E-state index in [1.54, 1.807) is 18.2 Å². The third kappa shape index (κ3) is 6.82. The van der Waals surface area contributed by atoms with Gasteiger partial charge in [0.15, 0.2) is 0 Å². The number of hydrogen-bond donors (Lipinski definition) is 4. The van der Waals surface area contributed by atoms with Gasteiger partial charge < -0.3 is 26.8 Å². The highest BCUT2D eigenvalue weighted by Gasteiger charge is 2.23. The van der Waals surface area contributed by atoms with Crippen molar-refractivity contribution >= 4 is 24.1 Å². The van der Waals surface area contributed by atoms with Crippen molar-refractivity contribution in [1.29, 1.82) is 0 Å². The molecule has 10 nitrogen and oxygen atoms in total. The van der Waals surface area contributed by atoms with Crippen molar-refractivity contribution in [3.63, 3.8) is 0 Å². The van der Waals surface area contributed by atoms with Crippen molar-refractivity contribution in [3.05, 3.63) is 42.2 Å². The summed E-state index contributed by atoms with van der Waals surface area (Å²) in [7, 11) is 0. The second kappa shape index (κ2) is 11.5. The van der Waals surface area contributed by atoms with Crippen molar-refractivity contribution < 1.29 is 19.5 Å². The van der Waals surface area contributed by atoms with Gasteiger partial charge in [0, 0.05) is 36.8 Å². The third-order valence-electron chi connectivity index (χ3n) is 4.75. The van der Waals surface area contributed by atoms with Gasteiger partial charge >= 0.3 is 0 Å². The van der Waals surface area contributed by atoms with Crippen molar-refractivity contribution in [2.24, 2.45) is 11.7 Å². The summed E-state index contributed by atoms with van der Waals surface area (Å²) in [4.78, 5) is 42.2. The van der Waals surface area contributed by atoms with Gasteiger partial charge in [-0.25, -0.2) is 9.97 Å². The first-order valence-corrected chi connectivity index (χ1v) is 9.50. The molecule has 0 spiro atoms. The van der Waals surface area contributed by atoms with Crippen molar-refractivity contribution in [1.82, 2.24) is 20.2 Å². The number of nitrogen functional groups attached to an aromatic ring is 1. The molecular weight excluding hydrogens is 388 g/mol. The maximum atomic E-state index is 12.3. The molecule has 1 aromatic carbocycles. The largest absolute Gasteiger partial charge is 0.483 e. The fraction of sp³-hybridized carbons (Fsp3) is 0.350. The summed E-state index contributed by atoms with van der Waals surface area (Å²) in [5.41, 5.74) is 13.2. The van der Waals surface area contributed by atoms with Gasteiger partial charge in [-0.1, -0.05) is 12.1 Å². The number of amides is 2. The summed E-state index contributed by atoms with van der Waals surface area (Å²) in [6.45, 7) is 2.57. The second-order valence-corrected chi connectivity index (χ2v) is 6.81. The molecule has 30 heavy (non-hydrogen) atoms. The zero-order valence-electron chi connectivity index (χ0n) is 16.5. The molecule has 0 saturated carbocycles. The van der Waals surface area contributed by atoms with Gasteiger partial charge in [0.2, 0.25) is 5.91 Å². The summed E-state index contributed by atoms with van der Waals surface area (Å²) in [5.74, 6) is -0.0579. The Kier molecular flexibility index (Phi) is 8.70. The van der Waals surface area contributed by atoms with Crippen LogP contribution in [0.3, 0.4) is 0 Å². The molecule has 1 aliphatic heterocycles. The van der Waals surface area contributed by atoms with Crippen LogP contribution < -0.4 is 16.8 Å². The molecule has 2 amide bonds. The first-order chi connectivity index (χ1) is 14.4. The van der Waals surface area contributed by atoms with E-state index < -0.39 is 0 Å². The topological polar surface area (TPSA) is 165 Å². The first-order valence-electron chi connectivity index (χ1n) is 9.50. The third-order valence-corrected chi connectivity index (χ3v) is 4.75. The van der Waals surface area contributed by atoms with Gasteiger partial charge in [-0.2, -0.15) is 0 Å². The Morgan fingerprint density at radius 2 is 1.97 bits per heavy atom. The molecule has 160 valence electrons. The van der Waals surface area contributed by atoms with Gasteiger partial charge in [0.1, 0.15) is 12.1 Å². The van der Waals surface area contributed by atoms with Crippen LogP contribution in [0.15, 0.2) is 36.7 Å². The number of aromatic nitrogens is 2. The van der Waals surface area contributed by atoms with E-state index in [0.717, 1.165) is 24.9 Å². The highest BCUT2D eigenvalue weighted by molar-refractivity contribution is 5.94. The summed E-state index contributed by atoms with van der Waals surface area (Å²) in [6.07, 6.45) is 3.22. The molecule has 3 rings (SSSR count). The van der Waals surface area contributed by atoms with E-state index in [4.69, 9.17) is 21.4 Å². The fourth-order valence-electron chi connectivity index (χ4n) is 3.24. The molecule has 2 heterocycles. The lowest BCUT2D eigenvalue weighted by atomic mass is 9.97. The minimum absolute atomic E-state index is 0.0853. The number of rotatable bonds is 6. The average Bonchev–Trinajstić information content (AvgIpc) is 2.74. The van der Waals surface area contributed by atoms with Crippen LogP contribution in [0.25, 0.3) is 11.3 Å². The number of anilines is 1. The Morgan fingerprint density at radius 3 is 2.60 bits per heavy atom. The smallest absolute Gasteiger partial charge is 0.290 e. The van der Waals surface area contributed by atoms with Gasteiger partial charge in [0.25, 0.3) is 12.4 Å². The summed E-state index contributed by atoms with van der Waals surface area (Å²) >= 11 is 0. The van der Waals surface area contributed by atoms with Crippen molar-refractivity contribution in [2.75, 3.05) is 31.9 Å². The minimum atomic E-state index is -0.250. The molecule has 0 bridgehead atoms. The van der Waals surface area contributed by atoms with E-state index in [9.17, 15) is 9.59 Å². The molecule has 2 aromatic rings. The highest BCUT2D eigenvalue weighted by atomic mass is 16.3. The Hall–Kier alpha value is -3.53. The molecular formula is C20H26N6O4. The highest BCUT2D eigenvalue weighted by Crippen LogP contribution is 2.18. The van der Waals surface area contributed by atoms with Crippen LogP contribution in [-0.2, 0) is 9.59 Å². The van der Waals surface area contributed by atoms with E-state index >= 15 is 0 Å². The number of nitrogens with two attached hydrogens (primary N) is 2. The van der Waals surface area contributed by atoms with Crippen LogP contribution in [0, 0.1) is 5.92 Å². The number of primary amides is 1.